The van der Waals surface area contributed by atoms with Crippen LogP contribution in [-0.4, -0.2) is 57.2 Å². The number of carbonyl (C=O) groups excluding carboxylic acids is 2. The maximum atomic E-state index is 14.0. The fourth-order valence-electron chi connectivity index (χ4n) is 6.05. The normalized spacial score (nSPS) is 14.0. The van der Waals surface area contributed by atoms with Crippen LogP contribution in [0, 0.1) is 11.3 Å². The Morgan fingerprint density at radius 3 is 2.44 bits per heavy atom. The van der Waals surface area contributed by atoms with Gasteiger partial charge in [0.2, 0.25) is 0 Å². The van der Waals surface area contributed by atoms with Gasteiger partial charge in [-0.3, -0.25) is 20.0 Å². The van der Waals surface area contributed by atoms with Gasteiger partial charge in [0.05, 0.1) is 47.3 Å². The molecule has 3 heterocycles. The zero-order chi connectivity index (χ0) is 34.9. The van der Waals surface area contributed by atoms with E-state index >= 15 is 0 Å². The van der Waals surface area contributed by atoms with E-state index < -0.39 is 18.1 Å². The highest BCUT2D eigenvalue weighted by Crippen LogP contribution is 2.31. The van der Waals surface area contributed by atoms with Crippen molar-refractivity contribution in [2.24, 2.45) is 0 Å². The third kappa shape index (κ3) is 8.14. The molecule has 1 atom stereocenters. The first-order chi connectivity index (χ1) is 24.4. The Kier molecular flexibility index (Phi) is 10.4. The van der Waals surface area contributed by atoms with Crippen molar-refractivity contribution in [3.05, 3.63) is 126 Å². The summed E-state index contributed by atoms with van der Waals surface area (Å²) in [5, 5.41) is 25.6. The highest BCUT2D eigenvalue weighted by atomic mass is 16.5. The van der Waals surface area contributed by atoms with Gasteiger partial charge >= 0.3 is 12.2 Å². The van der Waals surface area contributed by atoms with Gasteiger partial charge in [-0.1, -0.05) is 72.8 Å². The Hall–Kier alpha value is -6.48. The number of hydrogen-bond acceptors (Lipinski definition) is 8. The second kappa shape index (κ2) is 15.6. The van der Waals surface area contributed by atoms with Crippen LogP contribution in [0.5, 0.6) is 0 Å². The zero-order valence-corrected chi connectivity index (χ0v) is 27.2. The topological polar surface area (TPSA) is 161 Å². The molecular weight excluding hydrogens is 634 g/mol. The summed E-state index contributed by atoms with van der Waals surface area (Å²) in [5.74, 6) is -0.602. The number of nitriles is 1. The minimum atomic E-state index is -0.994. The van der Waals surface area contributed by atoms with Crippen LogP contribution >= 0.6 is 0 Å². The SMILES string of the molecule is N#CCc1ccc2cc(NC(=O)OCc3ccccc3)c(C(=O)Nc3cnccc3N3CCC[C@H](N(Cc4ccccc4)C(=O)O)C3)nc2c1. The average Bonchev–Trinajstić information content (AvgIpc) is 3.14. The third-order valence-corrected chi connectivity index (χ3v) is 8.50. The van der Waals surface area contributed by atoms with E-state index in [0.29, 0.717) is 41.8 Å². The second-order valence-corrected chi connectivity index (χ2v) is 11.9. The van der Waals surface area contributed by atoms with Crippen LogP contribution in [0.3, 0.4) is 0 Å². The lowest BCUT2D eigenvalue weighted by Crippen LogP contribution is -2.49. The van der Waals surface area contributed by atoms with Crippen molar-refractivity contribution >= 4 is 46.1 Å². The highest BCUT2D eigenvalue weighted by molar-refractivity contribution is 6.11. The summed E-state index contributed by atoms with van der Waals surface area (Å²) in [7, 11) is 0. The van der Waals surface area contributed by atoms with E-state index in [1.165, 1.54) is 11.1 Å². The van der Waals surface area contributed by atoms with Crippen molar-refractivity contribution in [1.82, 2.24) is 14.9 Å². The van der Waals surface area contributed by atoms with Gasteiger partial charge in [0.25, 0.3) is 5.91 Å². The molecule has 0 bridgehead atoms. The summed E-state index contributed by atoms with van der Waals surface area (Å²) in [6, 6.07) is 29.3. The van der Waals surface area contributed by atoms with Gasteiger partial charge < -0.3 is 20.1 Å². The molecule has 3 N–H and O–H groups in total. The summed E-state index contributed by atoms with van der Waals surface area (Å²) in [6.07, 6.45) is 3.02. The van der Waals surface area contributed by atoms with Gasteiger partial charge in [0, 0.05) is 31.2 Å². The number of carboxylic acid groups (broad SMARTS) is 1. The average molecular weight is 670 g/mol. The summed E-state index contributed by atoms with van der Waals surface area (Å²) >= 11 is 0. The van der Waals surface area contributed by atoms with Crippen LogP contribution in [0.15, 0.2) is 103 Å². The number of aromatic nitrogens is 2. The molecule has 0 radical (unpaired) electrons. The maximum absolute atomic E-state index is 14.0. The number of carbonyl (C=O) groups is 3. The first kappa shape index (κ1) is 33.4. The fraction of sp³-hybridized carbons (Fsp3) is 0.211. The van der Waals surface area contributed by atoms with Gasteiger partial charge in [-0.05, 0) is 47.7 Å². The van der Waals surface area contributed by atoms with E-state index in [4.69, 9.17) is 4.74 Å². The number of fused-ring (bicyclic) bond motifs is 1. The molecule has 3 aromatic carbocycles. The van der Waals surface area contributed by atoms with Crippen LogP contribution in [0.2, 0.25) is 0 Å². The number of pyridine rings is 2. The van der Waals surface area contributed by atoms with Gasteiger partial charge in [-0.25, -0.2) is 14.6 Å². The lowest BCUT2D eigenvalue weighted by Gasteiger charge is -2.39. The predicted molar refractivity (Wildman–Crippen MR) is 189 cm³/mol. The predicted octanol–water partition coefficient (Wildman–Crippen LogP) is 6.85. The van der Waals surface area contributed by atoms with Crippen LogP contribution < -0.4 is 15.5 Å². The maximum Gasteiger partial charge on any atom is 0.412 e. The quantitative estimate of drug-likeness (QED) is 0.145. The molecule has 1 aliphatic heterocycles. The Balaban J connectivity index is 1.25. The summed E-state index contributed by atoms with van der Waals surface area (Å²) < 4.78 is 5.42. The van der Waals surface area contributed by atoms with Gasteiger partial charge in [0.15, 0.2) is 5.69 Å². The molecule has 1 aliphatic rings. The first-order valence-corrected chi connectivity index (χ1v) is 16.2. The number of nitrogens with one attached hydrogen (secondary N) is 2. The Bertz CT molecular complexity index is 2030. The first-order valence-electron chi connectivity index (χ1n) is 16.2. The van der Waals surface area contributed by atoms with Crippen molar-refractivity contribution in [2.45, 2.75) is 38.5 Å². The molecule has 0 aliphatic carbocycles. The molecule has 12 nitrogen and oxygen atoms in total. The highest BCUT2D eigenvalue weighted by Gasteiger charge is 2.30. The van der Waals surface area contributed by atoms with E-state index in [2.05, 4.69) is 31.6 Å². The van der Waals surface area contributed by atoms with E-state index in [9.17, 15) is 24.8 Å². The molecule has 3 amide bonds. The number of ether oxygens (including phenoxy) is 1. The number of piperidine rings is 1. The molecule has 12 heteroatoms. The third-order valence-electron chi connectivity index (χ3n) is 8.50. The van der Waals surface area contributed by atoms with Crippen molar-refractivity contribution in [2.75, 3.05) is 28.6 Å². The van der Waals surface area contributed by atoms with E-state index in [0.717, 1.165) is 23.1 Å². The lowest BCUT2D eigenvalue weighted by molar-refractivity contribution is 0.102. The van der Waals surface area contributed by atoms with Crippen LogP contribution in [0.1, 0.15) is 40.0 Å². The van der Waals surface area contributed by atoms with E-state index in [1.807, 2.05) is 60.7 Å². The Labute approximate surface area is 289 Å². The molecule has 6 rings (SSSR count). The van der Waals surface area contributed by atoms with Gasteiger partial charge in [0.1, 0.15) is 6.61 Å². The molecule has 0 spiro atoms. The van der Waals surface area contributed by atoms with Crippen LogP contribution in [0.25, 0.3) is 10.9 Å². The van der Waals surface area contributed by atoms with Crippen LogP contribution in [-0.2, 0) is 24.3 Å². The number of hydrogen-bond donors (Lipinski definition) is 3. The fourth-order valence-corrected chi connectivity index (χ4v) is 6.05. The van der Waals surface area contributed by atoms with Crippen LogP contribution in [0.4, 0.5) is 26.7 Å². The monoisotopic (exact) mass is 669 g/mol. The molecule has 252 valence electrons. The van der Waals surface area contributed by atoms with Crippen molar-refractivity contribution in [3.63, 3.8) is 0 Å². The summed E-state index contributed by atoms with van der Waals surface area (Å²) in [4.78, 5) is 51.7. The van der Waals surface area contributed by atoms with Gasteiger partial charge in [-0.2, -0.15) is 5.26 Å². The summed E-state index contributed by atoms with van der Waals surface area (Å²) in [5.41, 5.74) is 4.08. The zero-order valence-electron chi connectivity index (χ0n) is 27.2. The number of rotatable bonds is 10. The van der Waals surface area contributed by atoms with Crippen molar-refractivity contribution in [1.29, 1.82) is 5.26 Å². The Morgan fingerprint density at radius 1 is 0.940 bits per heavy atom. The van der Waals surface area contributed by atoms with E-state index in [1.54, 1.807) is 36.5 Å². The minimum absolute atomic E-state index is 0.0350. The number of nitrogens with zero attached hydrogens (tertiary/aromatic N) is 5. The standard InChI is InChI=1S/C38H35N7O5/c39-17-15-26-13-14-29-21-32(43-37(47)50-25-28-10-5-2-6-11-28)35(41-31(29)20-26)36(46)42-33-22-40-18-16-34(33)44-19-7-12-30(24-44)45(38(48)49)23-27-8-3-1-4-9-27/h1-6,8-11,13-14,16,18,20-22,30H,7,12,15,19,23-25H2,(H,42,46)(H,43,47)(H,48,49)/t30-/m0/s1. The van der Waals surface area contributed by atoms with E-state index in [-0.39, 0.29) is 37.0 Å². The number of anilines is 3. The molecule has 1 fully saturated rings. The van der Waals surface area contributed by atoms with Gasteiger partial charge in [-0.15, -0.1) is 0 Å². The van der Waals surface area contributed by atoms with Crippen molar-refractivity contribution in [3.8, 4) is 6.07 Å². The second-order valence-electron chi connectivity index (χ2n) is 11.9. The molecule has 1 saturated heterocycles. The Morgan fingerprint density at radius 2 is 1.70 bits per heavy atom. The van der Waals surface area contributed by atoms with Crippen molar-refractivity contribution < 1.29 is 24.2 Å². The number of benzene rings is 3. The lowest BCUT2D eigenvalue weighted by atomic mass is 10.0. The largest absolute Gasteiger partial charge is 0.465 e. The number of amides is 3. The molecule has 0 unspecified atom stereocenters. The molecule has 0 saturated carbocycles. The molecular formula is C38H35N7O5. The smallest absolute Gasteiger partial charge is 0.412 e. The molecule has 2 aromatic heterocycles. The molecule has 50 heavy (non-hydrogen) atoms. The summed E-state index contributed by atoms with van der Waals surface area (Å²) in [6.45, 7) is 1.37. The minimum Gasteiger partial charge on any atom is -0.465 e. The molecule has 5 aromatic rings.